The van der Waals surface area contributed by atoms with Crippen LogP contribution in [0.15, 0.2) is 109 Å². The number of hydrogen-bond acceptors (Lipinski definition) is 3. The Balaban J connectivity index is 1.62. The first kappa shape index (κ1) is 26.3. The third-order valence-electron chi connectivity index (χ3n) is 5.77. The molecular weight excluding hydrogens is 507 g/mol. The summed E-state index contributed by atoms with van der Waals surface area (Å²) < 4.78 is 5.76. The van der Waals surface area contributed by atoms with E-state index in [0.717, 1.165) is 11.1 Å². The van der Waals surface area contributed by atoms with Crippen LogP contribution in [0.3, 0.4) is 0 Å². The van der Waals surface area contributed by atoms with Gasteiger partial charge in [-0.2, -0.15) is 0 Å². The summed E-state index contributed by atoms with van der Waals surface area (Å²) in [4.78, 5) is 28.8. The monoisotopic (exact) mass is 532 g/mol. The van der Waals surface area contributed by atoms with Crippen molar-refractivity contribution in [3.8, 4) is 5.75 Å². The van der Waals surface area contributed by atoms with Crippen molar-refractivity contribution in [1.82, 2.24) is 10.2 Å². The molecule has 4 aromatic carbocycles. The molecule has 0 fully saturated rings. The molecule has 0 saturated heterocycles. The molecule has 1 unspecified atom stereocenters. The van der Waals surface area contributed by atoms with E-state index < -0.39 is 6.04 Å². The zero-order chi connectivity index (χ0) is 26.0. The molecule has 37 heavy (non-hydrogen) atoms. The van der Waals surface area contributed by atoms with Crippen LogP contribution >= 0.6 is 23.2 Å². The summed E-state index contributed by atoms with van der Waals surface area (Å²) in [6, 6.07) is 32.1. The lowest BCUT2D eigenvalue weighted by atomic mass is 10.0. The van der Waals surface area contributed by atoms with Gasteiger partial charge in [-0.05, 0) is 41.0 Å². The normalized spacial score (nSPS) is 11.4. The summed E-state index contributed by atoms with van der Waals surface area (Å²) >= 11 is 12.3. The average Bonchev–Trinajstić information content (AvgIpc) is 2.92. The molecule has 0 radical (unpaired) electrons. The first-order chi connectivity index (χ1) is 18.0. The van der Waals surface area contributed by atoms with E-state index >= 15 is 0 Å². The van der Waals surface area contributed by atoms with E-state index in [9.17, 15) is 9.59 Å². The molecule has 0 aliphatic rings. The predicted molar refractivity (Wildman–Crippen MR) is 146 cm³/mol. The molecule has 1 N–H and O–H groups in total. The molecule has 0 aliphatic carbocycles. The Labute approximate surface area is 226 Å². The van der Waals surface area contributed by atoms with Crippen molar-refractivity contribution in [2.75, 3.05) is 6.61 Å². The summed E-state index contributed by atoms with van der Waals surface area (Å²) in [5, 5.41) is 3.92. The Morgan fingerprint density at radius 3 is 2.08 bits per heavy atom. The lowest BCUT2D eigenvalue weighted by Gasteiger charge is -2.31. The SMILES string of the molecule is O=C(NCc1ccc(Cl)cc1Cl)C(c1ccccc1)N(Cc1ccccc1)C(=O)COc1ccccc1. The number of rotatable bonds is 10. The van der Waals surface area contributed by atoms with Gasteiger partial charge in [0.25, 0.3) is 5.91 Å². The van der Waals surface area contributed by atoms with Crippen LogP contribution in [0.1, 0.15) is 22.7 Å². The average molecular weight is 533 g/mol. The second-order valence-corrected chi connectivity index (χ2v) is 9.22. The van der Waals surface area contributed by atoms with Crippen LogP contribution in [0.2, 0.25) is 10.0 Å². The summed E-state index contributed by atoms with van der Waals surface area (Å²) in [7, 11) is 0. The molecule has 4 aromatic rings. The van der Waals surface area contributed by atoms with Gasteiger partial charge in [-0.25, -0.2) is 0 Å². The second-order valence-electron chi connectivity index (χ2n) is 8.38. The van der Waals surface area contributed by atoms with E-state index in [-0.39, 0.29) is 31.5 Å². The topological polar surface area (TPSA) is 58.6 Å². The molecule has 0 spiro atoms. The molecule has 188 valence electrons. The molecule has 0 saturated carbocycles. The second kappa shape index (κ2) is 12.9. The lowest BCUT2D eigenvalue weighted by molar-refractivity contribution is -0.143. The highest BCUT2D eigenvalue weighted by atomic mass is 35.5. The Morgan fingerprint density at radius 2 is 1.43 bits per heavy atom. The lowest BCUT2D eigenvalue weighted by Crippen LogP contribution is -2.45. The number of benzene rings is 4. The van der Waals surface area contributed by atoms with E-state index in [2.05, 4.69) is 5.32 Å². The smallest absolute Gasteiger partial charge is 0.261 e. The minimum Gasteiger partial charge on any atom is -0.484 e. The molecular formula is C30H26Cl2N2O3. The third kappa shape index (κ3) is 7.35. The summed E-state index contributed by atoms with van der Waals surface area (Å²) in [5.74, 6) is -0.0731. The third-order valence-corrected chi connectivity index (χ3v) is 6.35. The number of amides is 2. The van der Waals surface area contributed by atoms with Crippen LogP contribution < -0.4 is 10.1 Å². The van der Waals surface area contributed by atoms with Crippen molar-refractivity contribution in [2.45, 2.75) is 19.1 Å². The van der Waals surface area contributed by atoms with Crippen molar-refractivity contribution in [1.29, 1.82) is 0 Å². The van der Waals surface area contributed by atoms with Crippen LogP contribution in [-0.4, -0.2) is 23.3 Å². The molecule has 1 atom stereocenters. The van der Waals surface area contributed by atoms with Gasteiger partial charge in [0.15, 0.2) is 6.61 Å². The number of hydrogen-bond donors (Lipinski definition) is 1. The van der Waals surface area contributed by atoms with Gasteiger partial charge in [-0.15, -0.1) is 0 Å². The van der Waals surface area contributed by atoms with Gasteiger partial charge in [0.2, 0.25) is 5.91 Å². The molecule has 2 amide bonds. The van der Waals surface area contributed by atoms with Gasteiger partial charge in [-0.1, -0.05) is 108 Å². The number of nitrogens with one attached hydrogen (secondary N) is 1. The van der Waals surface area contributed by atoms with Gasteiger partial charge in [0.1, 0.15) is 11.8 Å². The number of nitrogens with zero attached hydrogens (tertiary/aromatic N) is 1. The molecule has 4 rings (SSSR count). The molecule has 0 aliphatic heterocycles. The van der Waals surface area contributed by atoms with Gasteiger partial charge in [0.05, 0.1) is 0 Å². The number of carbonyl (C=O) groups excluding carboxylic acids is 2. The highest BCUT2D eigenvalue weighted by Gasteiger charge is 2.31. The van der Waals surface area contributed by atoms with Crippen LogP contribution in [0, 0.1) is 0 Å². The number of halogens is 2. The largest absolute Gasteiger partial charge is 0.484 e. The van der Waals surface area contributed by atoms with Gasteiger partial charge in [-0.3, -0.25) is 9.59 Å². The maximum absolute atomic E-state index is 13.7. The van der Waals surface area contributed by atoms with E-state index in [0.29, 0.717) is 21.4 Å². The maximum Gasteiger partial charge on any atom is 0.261 e. The minimum absolute atomic E-state index is 0.187. The predicted octanol–water partition coefficient (Wildman–Crippen LogP) is 6.46. The van der Waals surface area contributed by atoms with Crippen molar-refractivity contribution < 1.29 is 14.3 Å². The summed E-state index contributed by atoms with van der Waals surface area (Å²) in [5.41, 5.74) is 2.30. The van der Waals surface area contributed by atoms with E-state index in [1.807, 2.05) is 78.9 Å². The number of para-hydroxylation sites is 1. The van der Waals surface area contributed by atoms with E-state index in [1.165, 1.54) is 0 Å². The van der Waals surface area contributed by atoms with E-state index in [4.69, 9.17) is 27.9 Å². The molecule has 7 heteroatoms. The van der Waals surface area contributed by atoms with Gasteiger partial charge in [0, 0.05) is 23.1 Å². The standard InChI is InChI=1S/C30H26Cl2N2O3/c31-25-17-16-24(27(32)18-25)19-33-30(36)29(23-12-6-2-7-13-23)34(20-22-10-4-1-5-11-22)28(35)21-37-26-14-8-3-9-15-26/h1-18,29H,19-21H2,(H,33,36). The van der Waals surface area contributed by atoms with Gasteiger partial charge >= 0.3 is 0 Å². The van der Waals surface area contributed by atoms with Crippen LogP contribution in [-0.2, 0) is 22.7 Å². The van der Waals surface area contributed by atoms with Crippen molar-refractivity contribution in [3.63, 3.8) is 0 Å². The fourth-order valence-electron chi connectivity index (χ4n) is 3.90. The zero-order valence-electron chi connectivity index (χ0n) is 20.0. The Bertz CT molecular complexity index is 1320. The highest BCUT2D eigenvalue weighted by Crippen LogP contribution is 2.26. The maximum atomic E-state index is 13.7. The fourth-order valence-corrected chi connectivity index (χ4v) is 4.38. The van der Waals surface area contributed by atoms with Gasteiger partial charge < -0.3 is 15.0 Å². The van der Waals surface area contributed by atoms with Crippen LogP contribution in [0.4, 0.5) is 0 Å². The molecule has 0 aromatic heterocycles. The minimum atomic E-state index is -0.889. The van der Waals surface area contributed by atoms with Crippen molar-refractivity contribution in [3.05, 3.63) is 136 Å². The first-order valence-corrected chi connectivity index (χ1v) is 12.5. The van der Waals surface area contributed by atoms with Crippen molar-refractivity contribution >= 4 is 35.0 Å². The van der Waals surface area contributed by atoms with Crippen LogP contribution in [0.5, 0.6) is 5.75 Å². The number of carbonyl (C=O) groups is 2. The van der Waals surface area contributed by atoms with E-state index in [1.54, 1.807) is 35.2 Å². The Morgan fingerprint density at radius 1 is 0.811 bits per heavy atom. The molecule has 0 heterocycles. The fraction of sp³-hybridized carbons (Fsp3) is 0.133. The summed E-state index contributed by atoms with van der Waals surface area (Å²) in [6.45, 7) is 0.203. The zero-order valence-corrected chi connectivity index (χ0v) is 21.5. The Kier molecular flexibility index (Phi) is 9.19. The summed E-state index contributed by atoms with van der Waals surface area (Å²) in [6.07, 6.45) is 0. The van der Waals surface area contributed by atoms with Crippen molar-refractivity contribution in [2.24, 2.45) is 0 Å². The number of ether oxygens (including phenoxy) is 1. The molecule has 0 bridgehead atoms. The molecule has 5 nitrogen and oxygen atoms in total. The van der Waals surface area contributed by atoms with Crippen LogP contribution in [0.25, 0.3) is 0 Å². The first-order valence-electron chi connectivity index (χ1n) is 11.8. The Hall–Kier alpha value is -3.80. The highest BCUT2D eigenvalue weighted by molar-refractivity contribution is 6.35. The quantitative estimate of drug-likeness (QED) is 0.255.